The number of likely N-dealkylation sites (N-methyl/N-ethyl adjacent to an activating group) is 1. The van der Waals surface area contributed by atoms with Gasteiger partial charge in [0.05, 0.1) is 101 Å². The molecule has 4 aliphatic rings. The largest absolute Gasteiger partial charge is 0.494 e. The zero-order valence-electron chi connectivity index (χ0n) is 76.9. The Morgan fingerprint density at radius 1 is 0.401 bits per heavy atom. The molecule has 0 aliphatic carbocycles. The summed E-state index contributed by atoms with van der Waals surface area (Å²) >= 11 is 0. The van der Waals surface area contributed by atoms with Gasteiger partial charge >= 0.3 is 0 Å². The number of carbonyl (C=O) groups excluding carboxylic acids is 5. The van der Waals surface area contributed by atoms with Gasteiger partial charge in [-0.15, -0.1) is 25.5 Å². The second-order valence-electron chi connectivity index (χ2n) is 32.4. The first-order valence-corrected chi connectivity index (χ1v) is 44.0. The molecule has 15 N–H and O–H groups in total. The molecule has 16 aromatic rings. The first-order valence-electron chi connectivity index (χ1n) is 44.0. The minimum atomic E-state index is -0.496. The number of likely N-dealkylation sites (tertiary alicyclic amines) is 1. The van der Waals surface area contributed by atoms with Crippen molar-refractivity contribution in [1.29, 1.82) is 26.3 Å². The average molecular weight is 1910 g/mol. The normalized spacial score (nSPS) is 14.0. The van der Waals surface area contributed by atoms with Crippen LogP contribution in [0.2, 0.25) is 0 Å². The summed E-state index contributed by atoms with van der Waals surface area (Å²) in [6.45, 7) is 6.28. The van der Waals surface area contributed by atoms with E-state index < -0.39 is 29.5 Å². The molecule has 1 unspecified atom stereocenters. The van der Waals surface area contributed by atoms with Crippen LogP contribution < -0.4 is 78.9 Å². The molecule has 1 aromatic carbocycles. The number of hydrogen-bond acceptors (Lipinski definition) is 38. The third-order valence-electron chi connectivity index (χ3n) is 22.3. The summed E-state index contributed by atoms with van der Waals surface area (Å²) in [6.07, 6.45) is 36.6. The van der Waals surface area contributed by atoms with E-state index in [-0.39, 0.29) is 107 Å². The number of para-hydroxylation sites is 1. The Labute approximate surface area is 808 Å². The number of fused-ring (bicyclic) bond motifs is 8. The number of nitrogen functional groups attached to an aromatic ring is 5. The highest BCUT2D eigenvalue weighted by molar-refractivity contribution is 6.15. The van der Waals surface area contributed by atoms with E-state index >= 15 is 0 Å². The Hall–Kier alpha value is -19.2. The summed E-state index contributed by atoms with van der Waals surface area (Å²) in [7, 11) is 7.47. The molecule has 15 aromatic heterocycles. The van der Waals surface area contributed by atoms with Crippen molar-refractivity contribution in [2.75, 3.05) is 129 Å². The van der Waals surface area contributed by atoms with Gasteiger partial charge in [0.25, 0.3) is 29.5 Å². The van der Waals surface area contributed by atoms with Crippen LogP contribution in [0, 0.1) is 62.6 Å². The monoisotopic (exact) mass is 1910 g/mol. The van der Waals surface area contributed by atoms with Crippen molar-refractivity contribution in [1.82, 2.24) is 113 Å². The Morgan fingerprint density at radius 3 is 1.04 bits per heavy atom. The molecular formula is C94H92N38O10. The molecule has 2 bridgehead atoms. The Balaban J connectivity index is 0.000000134. The second-order valence-corrected chi connectivity index (χ2v) is 32.4. The second kappa shape index (κ2) is 45.4. The molecule has 0 radical (unpaired) electrons. The van der Waals surface area contributed by atoms with Crippen LogP contribution in [0.5, 0.6) is 34.5 Å². The number of hydrogen-bond donors (Lipinski definition) is 10. The fourth-order valence-corrected chi connectivity index (χ4v) is 15.3. The molecular weight excluding hydrogens is 1820 g/mol. The smallest absolute Gasteiger partial charge is 0.263 e. The maximum absolute atomic E-state index is 13.1. The van der Waals surface area contributed by atoms with Gasteiger partial charge in [0, 0.05) is 177 Å². The minimum Gasteiger partial charge on any atom is -0.494 e. The number of rotatable bonds is 26. The van der Waals surface area contributed by atoms with Gasteiger partial charge in [-0.2, -0.15) is 26.3 Å². The van der Waals surface area contributed by atoms with Crippen molar-refractivity contribution in [2.45, 2.75) is 70.0 Å². The standard InChI is InChI=1S/C21H22N8O2.C20H22N8O2.C20H15N7O2.C18H20N8O2.C15H13N7O2/c22-5-1-13-9-25-20-18(19(23)27-29(20)11-13)21(30)26-15-10-24-6-2-16(15)31-17-12-28-7-3-14(17)4-8-28;1-27-8-4-14(5-9-27)30-16-3-7-23-11-15(16)25-20(29)17-18(22)26-28-12-13(2-6-21)10-24-19(17)28;21-8-6-13-10-24-19-17(18(22)26-27(19)12-13)20(28)25-15-11-23-9-7-16(15)29-14-4-2-1-3-5-14;1-25(2)7-8-28-14-4-6-21-10-13(14)23-18(27)15-16(20)24-26-11-12(3-5-19)9-22-17(15)26;1-24-11-3-5-18-7-10(11)20-15(23)12-13(17)21-22-8-9(2-4-16)6-19-14(12)22/h2,6,9-11,14,17H,1,3-4,7-8,12H2,(H2,23,27)(H,26,30);3,7,10-12,14H,2,4-5,8-9H2,1H3,(H2,22,26)(H,25,29);1-5,7,9-12H,6H2,(H2,22,26)(H,25,28);4,6,9-11H,3,7-8H2,1-2H3,(H2,20,24)(H,23,27);3,5-8H,2H2,1H3,(H2,17,21)(H,20,23). The molecule has 4 aliphatic heterocycles. The SMILES string of the molecule is CN(C)CCOc1ccncc1NC(=O)c1c(N)nn2cc(CC#N)cnc12.CN1CCC(Oc2ccncc2NC(=O)c2c(N)nn3cc(CC#N)cnc23)CC1.COc1ccncc1NC(=O)c1c(N)nn2cc(CC#N)cnc12.N#CCc1cnc2c(C(=O)Nc3cnccc3OC3CN4CCC3CC4)c(N)nn2c1.N#CCc1cnc2c(C(=O)Nc3cnccc3Oc3ccccc3)c(N)nn2c1. The number of benzene rings is 1. The van der Waals surface area contributed by atoms with E-state index in [2.05, 4.69) is 131 Å². The number of ether oxygens (including phenoxy) is 5. The van der Waals surface area contributed by atoms with Crippen LogP contribution in [0.25, 0.3) is 28.2 Å². The molecule has 1 atom stereocenters. The number of amides is 5. The number of piperidine rings is 4. The summed E-state index contributed by atoms with van der Waals surface area (Å²) in [5.41, 5.74) is 37.5. The summed E-state index contributed by atoms with van der Waals surface area (Å²) in [4.78, 5) is 112. The Morgan fingerprint density at radius 2 is 0.711 bits per heavy atom. The molecule has 0 saturated carbocycles. The van der Waals surface area contributed by atoms with E-state index in [0.29, 0.717) is 126 Å². The van der Waals surface area contributed by atoms with Gasteiger partial charge in [-0.3, -0.25) is 53.8 Å². The molecule has 19 heterocycles. The molecule has 4 saturated heterocycles. The van der Waals surface area contributed by atoms with Gasteiger partial charge in [-0.05, 0) is 78.0 Å². The van der Waals surface area contributed by atoms with Gasteiger partial charge in [-0.25, -0.2) is 47.5 Å². The van der Waals surface area contributed by atoms with Gasteiger partial charge in [0.2, 0.25) is 0 Å². The molecule has 5 amide bonds. The van der Waals surface area contributed by atoms with Crippen molar-refractivity contribution >= 4 is 115 Å². The van der Waals surface area contributed by atoms with E-state index in [1.165, 1.54) is 73.1 Å². The predicted molar refractivity (Wildman–Crippen MR) is 516 cm³/mol. The number of carbonyl (C=O) groups is 5. The molecule has 20 rings (SSSR count). The lowest BCUT2D eigenvalue weighted by atomic mass is 9.86. The van der Waals surface area contributed by atoms with E-state index in [1.54, 1.807) is 123 Å². The number of nitrogens with zero attached hydrogens (tertiary/aromatic N) is 28. The molecule has 48 nitrogen and oxygen atoms in total. The van der Waals surface area contributed by atoms with Gasteiger partial charge in [0.15, 0.2) is 63.1 Å². The highest BCUT2D eigenvalue weighted by Crippen LogP contribution is 2.37. The van der Waals surface area contributed by atoms with E-state index in [0.717, 1.165) is 65.0 Å². The third kappa shape index (κ3) is 23.4. The summed E-state index contributed by atoms with van der Waals surface area (Å²) in [5.74, 6) is 1.57. The lowest BCUT2D eigenvalue weighted by molar-refractivity contribution is -0.00745. The van der Waals surface area contributed by atoms with Crippen molar-refractivity contribution < 1.29 is 47.7 Å². The Bertz CT molecular complexity index is 7560. The zero-order chi connectivity index (χ0) is 99.9. The van der Waals surface area contributed by atoms with E-state index in [4.69, 9.17) is 78.7 Å². The highest BCUT2D eigenvalue weighted by Gasteiger charge is 2.37. The van der Waals surface area contributed by atoms with Crippen LogP contribution in [0.15, 0.2) is 185 Å². The number of anilines is 10. The van der Waals surface area contributed by atoms with Crippen LogP contribution >= 0.6 is 0 Å². The third-order valence-corrected chi connectivity index (χ3v) is 22.3. The van der Waals surface area contributed by atoms with Gasteiger partial charge in [0.1, 0.15) is 104 Å². The van der Waals surface area contributed by atoms with Crippen LogP contribution in [-0.2, 0) is 32.1 Å². The zero-order valence-corrected chi connectivity index (χ0v) is 76.9. The molecule has 718 valence electrons. The first kappa shape index (κ1) is 97.3. The van der Waals surface area contributed by atoms with Crippen LogP contribution in [0.3, 0.4) is 0 Å². The van der Waals surface area contributed by atoms with Gasteiger partial charge < -0.3 is 88.7 Å². The molecule has 48 heteroatoms. The highest BCUT2D eigenvalue weighted by atomic mass is 16.5. The number of methoxy groups -OCH3 is 1. The number of nitrogens with two attached hydrogens (primary N) is 5. The van der Waals surface area contributed by atoms with Crippen LogP contribution in [0.1, 0.15) is 105 Å². The summed E-state index contributed by atoms with van der Waals surface area (Å²) in [5, 5.41) is 78.6. The van der Waals surface area contributed by atoms with Crippen molar-refractivity contribution in [3.8, 4) is 64.8 Å². The van der Waals surface area contributed by atoms with Crippen molar-refractivity contribution in [2.24, 2.45) is 5.92 Å². The van der Waals surface area contributed by atoms with Crippen LogP contribution in [0.4, 0.5) is 57.5 Å². The predicted octanol–water partition coefficient (Wildman–Crippen LogP) is 7.81. The molecule has 4 fully saturated rings. The quantitative estimate of drug-likeness (QED) is 0.0247. The lowest BCUT2D eigenvalue weighted by Crippen LogP contribution is -2.52. The van der Waals surface area contributed by atoms with Crippen molar-refractivity contribution in [3.63, 3.8) is 0 Å². The van der Waals surface area contributed by atoms with E-state index in [1.807, 2.05) is 55.4 Å². The number of nitriles is 5. The number of aromatic nitrogens is 20. The van der Waals surface area contributed by atoms with Crippen molar-refractivity contribution in [3.05, 3.63) is 240 Å². The summed E-state index contributed by atoms with van der Waals surface area (Å²) < 4.78 is 36.2. The lowest BCUT2D eigenvalue weighted by Gasteiger charge is -2.44. The maximum Gasteiger partial charge on any atom is 0.263 e. The molecule has 142 heavy (non-hydrogen) atoms. The minimum absolute atomic E-state index is 0.0264. The average Bonchev–Trinajstić information content (AvgIpc) is 1.63. The molecule has 0 spiro atoms. The maximum atomic E-state index is 13.1. The van der Waals surface area contributed by atoms with E-state index in [9.17, 15) is 24.0 Å². The van der Waals surface area contributed by atoms with Gasteiger partial charge in [-0.1, -0.05) is 18.2 Å². The number of nitrogens with one attached hydrogen (secondary N) is 5. The first-order chi connectivity index (χ1) is 68.9. The van der Waals surface area contributed by atoms with Crippen LogP contribution in [-0.4, -0.2) is 228 Å². The number of pyridine rings is 5. The fourth-order valence-electron chi connectivity index (χ4n) is 15.3. The summed E-state index contributed by atoms with van der Waals surface area (Å²) in [6, 6.07) is 27.9. The fraction of sp³-hybridized carbons (Fsp3) is 0.245. The Kier molecular flexibility index (Phi) is 31.1. The topological polar surface area (TPSA) is 666 Å².